The Labute approximate surface area is 128 Å². The molecule has 0 spiro atoms. The molecule has 8 heteroatoms. The van der Waals surface area contributed by atoms with E-state index in [9.17, 15) is 8.42 Å². The molecule has 21 heavy (non-hydrogen) atoms. The molecule has 0 aliphatic heterocycles. The maximum absolute atomic E-state index is 12.0. The van der Waals surface area contributed by atoms with Gasteiger partial charge in [0.2, 0.25) is 10.0 Å². The van der Waals surface area contributed by atoms with Gasteiger partial charge in [-0.25, -0.2) is 18.1 Å². The second-order valence-electron chi connectivity index (χ2n) is 4.55. The van der Waals surface area contributed by atoms with Crippen molar-refractivity contribution in [1.29, 1.82) is 0 Å². The molecule has 0 radical (unpaired) electrons. The minimum absolute atomic E-state index is 0.0392. The van der Waals surface area contributed by atoms with Crippen LogP contribution in [0.3, 0.4) is 0 Å². The first-order valence-electron chi connectivity index (χ1n) is 6.44. The Morgan fingerprint density at radius 1 is 1.48 bits per heavy atom. The van der Waals surface area contributed by atoms with Crippen molar-refractivity contribution in [2.45, 2.75) is 17.9 Å². The number of thioether (sulfide) groups is 1. The first kappa shape index (κ1) is 15.9. The number of rotatable bonds is 7. The number of hydrogen-bond acceptors (Lipinski definition) is 5. The summed E-state index contributed by atoms with van der Waals surface area (Å²) in [6, 6.07) is 7.02. The Bertz CT molecular complexity index is 671. The molecule has 0 amide bonds. The van der Waals surface area contributed by atoms with Crippen molar-refractivity contribution in [2.75, 3.05) is 17.2 Å². The van der Waals surface area contributed by atoms with Gasteiger partial charge < -0.3 is 10.7 Å². The molecule has 4 N–H and O–H groups in total. The average Bonchev–Trinajstić information content (AvgIpc) is 2.92. The summed E-state index contributed by atoms with van der Waals surface area (Å²) in [4.78, 5) is 7.89. The highest BCUT2D eigenvalue weighted by atomic mass is 32.2. The molecule has 6 nitrogen and oxygen atoms in total. The van der Waals surface area contributed by atoms with Crippen molar-refractivity contribution in [3.8, 4) is 0 Å². The summed E-state index contributed by atoms with van der Waals surface area (Å²) in [5, 5.41) is 0. The molecule has 0 saturated carbocycles. The van der Waals surface area contributed by atoms with Gasteiger partial charge in [-0.05, 0) is 25.1 Å². The molecule has 114 valence electrons. The highest BCUT2D eigenvalue weighted by Gasteiger charge is 2.17. The number of nitrogen functional groups attached to an aromatic ring is 1. The van der Waals surface area contributed by atoms with Crippen LogP contribution in [0.15, 0.2) is 41.6 Å². The lowest BCUT2D eigenvalue weighted by Gasteiger charge is -2.12. The number of nitrogens with zero attached hydrogens (tertiary/aromatic N) is 1. The first-order valence-corrected chi connectivity index (χ1v) is 9.08. The van der Waals surface area contributed by atoms with Gasteiger partial charge in [-0.2, -0.15) is 0 Å². The second kappa shape index (κ2) is 6.97. The van der Waals surface area contributed by atoms with E-state index in [1.54, 1.807) is 25.4 Å². The SMILES string of the molecule is CC(NS(=O)(=O)CCSc1cccc(N)c1)c1ncc[nH]1. The summed E-state index contributed by atoms with van der Waals surface area (Å²) in [6.07, 6.45) is 3.26. The molecule has 1 unspecified atom stereocenters. The number of nitrogens with one attached hydrogen (secondary N) is 2. The maximum Gasteiger partial charge on any atom is 0.213 e. The summed E-state index contributed by atoms with van der Waals surface area (Å²) in [6.45, 7) is 1.75. The quantitative estimate of drug-likeness (QED) is 0.532. The van der Waals surface area contributed by atoms with Gasteiger partial charge in [0.05, 0.1) is 11.8 Å². The lowest BCUT2D eigenvalue weighted by Crippen LogP contribution is -2.30. The van der Waals surface area contributed by atoms with Crippen LogP contribution in [0.4, 0.5) is 5.69 Å². The molecule has 2 rings (SSSR count). The van der Waals surface area contributed by atoms with E-state index in [0.29, 0.717) is 17.3 Å². The highest BCUT2D eigenvalue weighted by molar-refractivity contribution is 8.00. The summed E-state index contributed by atoms with van der Waals surface area (Å²) < 4.78 is 26.6. The largest absolute Gasteiger partial charge is 0.399 e. The normalized spacial score (nSPS) is 13.2. The van der Waals surface area contributed by atoms with Crippen LogP contribution in [-0.4, -0.2) is 29.9 Å². The predicted octanol–water partition coefficient (Wildman–Crippen LogP) is 1.76. The van der Waals surface area contributed by atoms with Crippen LogP contribution in [0.25, 0.3) is 0 Å². The Morgan fingerprint density at radius 2 is 2.29 bits per heavy atom. The first-order chi connectivity index (χ1) is 9.96. The number of imidazole rings is 1. The number of hydrogen-bond donors (Lipinski definition) is 3. The molecule has 0 aliphatic carbocycles. The van der Waals surface area contributed by atoms with Crippen LogP contribution in [-0.2, 0) is 10.0 Å². The molecule has 1 aromatic heterocycles. The minimum Gasteiger partial charge on any atom is -0.399 e. The molecule has 0 bridgehead atoms. The lowest BCUT2D eigenvalue weighted by atomic mass is 10.3. The van der Waals surface area contributed by atoms with Crippen LogP contribution < -0.4 is 10.5 Å². The number of anilines is 1. The van der Waals surface area contributed by atoms with Crippen molar-refractivity contribution in [3.63, 3.8) is 0 Å². The van der Waals surface area contributed by atoms with Crippen LogP contribution in [0, 0.1) is 0 Å². The van der Waals surface area contributed by atoms with Gasteiger partial charge in [-0.3, -0.25) is 0 Å². The third-order valence-electron chi connectivity index (χ3n) is 2.76. The van der Waals surface area contributed by atoms with Gasteiger partial charge in [-0.15, -0.1) is 11.8 Å². The Hall–Kier alpha value is -1.51. The van der Waals surface area contributed by atoms with Crippen molar-refractivity contribution >= 4 is 27.5 Å². The number of H-pyrrole nitrogens is 1. The third-order valence-corrected chi connectivity index (χ3v) is 5.47. The van der Waals surface area contributed by atoms with E-state index in [1.807, 2.05) is 18.2 Å². The van der Waals surface area contributed by atoms with Crippen LogP contribution in [0.5, 0.6) is 0 Å². The van der Waals surface area contributed by atoms with Crippen LogP contribution in [0.2, 0.25) is 0 Å². The topological polar surface area (TPSA) is 101 Å². The molecule has 1 aromatic carbocycles. The Morgan fingerprint density at radius 3 is 2.95 bits per heavy atom. The van der Waals surface area contributed by atoms with Gasteiger partial charge in [0.25, 0.3) is 0 Å². The summed E-state index contributed by atoms with van der Waals surface area (Å²) >= 11 is 1.46. The molecule has 1 atom stereocenters. The van der Waals surface area contributed by atoms with E-state index in [1.165, 1.54) is 11.8 Å². The molecule has 0 fully saturated rings. The molecule has 2 aromatic rings. The van der Waals surface area contributed by atoms with Gasteiger partial charge in [0.1, 0.15) is 5.82 Å². The third kappa shape index (κ3) is 5.07. The Balaban J connectivity index is 1.84. The zero-order valence-corrected chi connectivity index (χ0v) is 13.2. The average molecular weight is 326 g/mol. The molecular weight excluding hydrogens is 308 g/mol. The van der Waals surface area contributed by atoms with Crippen molar-refractivity contribution in [1.82, 2.24) is 14.7 Å². The molecule has 1 heterocycles. The van der Waals surface area contributed by atoms with Crippen molar-refractivity contribution in [2.24, 2.45) is 0 Å². The van der Waals surface area contributed by atoms with Crippen LogP contribution in [0.1, 0.15) is 18.8 Å². The number of benzene rings is 1. The number of nitrogens with two attached hydrogens (primary N) is 1. The smallest absolute Gasteiger partial charge is 0.213 e. The second-order valence-corrected chi connectivity index (χ2v) is 7.60. The standard InChI is InChI=1S/C13H18N4O2S2/c1-10(13-15-5-6-16-13)17-21(18,19)8-7-20-12-4-2-3-11(14)9-12/h2-6,9-10,17H,7-8,14H2,1H3,(H,15,16). The van der Waals surface area contributed by atoms with Gasteiger partial charge in [0, 0.05) is 28.7 Å². The predicted molar refractivity (Wildman–Crippen MR) is 85.5 cm³/mol. The monoisotopic (exact) mass is 326 g/mol. The van der Waals surface area contributed by atoms with Crippen LogP contribution >= 0.6 is 11.8 Å². The highest BCUT2D eigenvalue weighted by Crippen LogP contribution is 2.20. The fourth-order valence-electron chi connectivity index (χ4n) is 1.77. The molecular formula is C13H18N4O2S2. The summed E-state index contributed by atoms with van der Waals surface area (Å²) in [7, 11) is -3.35. The Kier molecular flexibility index (Phi) is 5.27. The summed E-state index contributed by atoms with van der Waals surface area (Å²) in [5.41, 5.74) is 6.36. The lowest BCUT2D eigenvalue weighted by molar-refractivity contribution is 0.562. The van der Waals surface area contributed by atoms with E-state index >= 15 is 0 Å². The summed E-state index contributed by atoms with van der Waals surface area (Å²) in [5.74, 6) is 1.10. The number of aromatic nitrogens is 2. The zero-order chi connectivity index (χ0) is 15.3. The van der Waals surface area contributed by atoms with Gasteiger partial charge in [0.15, 0.2) is 0 Å². The molecule has 0 aliphatic rings. The van der Waals surface area contributed by atoms with E-state index in [-0.39, 0.29) is 11.8 Å². The number of aromatic amines is 1. The molecule has 0 saturated heterocycles. The van der Waals surface area contributed by atoms with E-state index in [2.05, 4.69) is 14.7 Å². The van der Waals surface area contributed by atoms with E-state index in [4.69, 9.17) is 5.73 Å². The van der Waals surface area contributed by atoms with Gasteiger partial charge >= 0.3 is 0 Å². The van der Waals surface area contributed by atoms with Crippen molar-refractivity contribution in [3.05, 3.63) is 42.5 Å². The maximum atomic E-state index is 12.0. The zero-order valence-electron chi connectivity index (χ0n) is 11.6. The fraction of sp³-hybridized carbons (Fsp3) is 0.308. The van der Waals surface area contributed by atoms with Gasteiger partial charge in [-0.1, -0.05) is 6.07 Å². The van der Waals surface area contributed by atoms with Crippen molar-refractivity contribution < 1.29 is 8.42 Å². The van der Waals surface area contributed by atoms with E-state index < -0.39 is 10.0 Å². The minimum atomic E-state index is -3.35. The fourth-order valence-corrected chi connectivity index (χ4v) is 4.38. The number of sulfonamides is 1. The van der Waals surface area contributed by atoms with E-state index in [0.717, 1.165) is 4.90 Å².